The Morgan fingerprint density at radius 1 is 1.19 bits per heavy atom. The molecule has 2 heterocycles. The molecular formula is C23H23ClN4O3. The van der Waals surface area contributed by atoms with Gasteiger partial charge in [-0.1, -0.05) is 29.8 Å². The van der Waals surface area contributed by atoms with Crippen molar-refractivity contribution in [1.29, 1.82) is 0 Å². The van der Waals surface area contributed by atoms with Gasteiger partial charge in [0.25, 0.3) is 0 Å². The topological polar surface area (TPSA) is 76.0 Å². The average Bonchev–Trinajstić information content (AvgIpc) is 3.26. The lowest BCUT2D eigenvalue weighted by Gasteiger charge is -2.21. The normalized spacial score (nSPS) is 16.1. The summed E-state index contributed by atoms with van der Waals surface area (Å²) < 4.78 is 10.5. The van der Waals surface area contributed by atoms with E-state index in [4.69, 9.17) is 21.1 Å². The van der Waals surface area contributed by atoms with Gasteiger partial charge in [-0.2, -0.15) is 5.10 Å². The van der Waals surface area contributed by atoms with Crippen molar-refractivity contribution in [3.05, 3.63) is 59.2 Å². The first-order valence-corrected chi connectivity index (χ1v) is 10.4. The largest absolute Gasteiger partial charge is 0.493 e. The number of methoxy groups -OCH3 is 2. The number of hydrazone groups is 1. The van der Waals surface area contributed by atoms with Crippen LogP contribution in [0.3, 0.4) is 0 Å². The van der Waals surface area contributed by atoms with Crippen LogP contribution in [0.4, 0.5) is 5.69 Å². The van der Waals surface area contributed by atoms with E-state index in [-0.39, 0.29) is 11.9 Å². The highest BCUT2D eigenvalue weighted by molar-refractivity contribution is 6.32. The van der Waals surface area contributed by atoms with E-state index in [1.54, 1.807) is 43.6 Å². The van der Waals surface area contributed by atoms with Crippen LogP contribution in [0.2, 0.25) is 5.15 Å². The fraction of sp³-hybridized carbons (Fsp3) is 0.261. The summed E-state index contributed by atoms with van der Waals surface area (Å²) in [7, 11) is 3.13. The number of para-hydroxylation sites is 1. The molecule has 0 radical (unpaired) electrons. The molecule has 7 nitrogen and oxygen atoms in total. The van der Waals surface area contributed by atoms with Crippen LogP contribution in [-0.4, -0.2) is 48.9 Å². The van der Waals surface area contributed by atoms with Crippen LogP contribution in [0.5, 0.6) is 11.5 Å². The molecule has 1 fully saturated rings. The van der Waals surface area contributed by atoms with E-state index in [1.807, 2.05) is 30.3 Å². The quantitative estimate of drug-likeness (QED) is 0.457. The van der Waals surface area contributed by atoms with Crippen LogP contribution in [0, 0.1) is 0 Å². The number of carbonyl (C=O) groups is 1. The summed E-state index contributed by atoms with van der Waals surface area (Å²) in [6.07, 6.45) is 3.27. The third-order valence-corrected chi connectivity index (χ3v) is 5.53. The predicted molar refractivity (Wildman–Crippen MR) is 122 cm³/mol. The minimum Gasteiger partial charge on any atom is -0.493 e. The lowest BCUT2D eigenvalue weighted by Crippen LogP contribution is -2.36. The van der Waals surface area contributed by atoms with Crippen molar-refractivity contribution in [2.75, 3.05) is 26.1 Å². The minimum atomic E-state index is -0.364. The summed E-state index contributed by atoms with van der Waals surface area (Å²) in [5.41, 5.74) is 2.18. The first-order chi connectivity index (χ1) is 15.1. The second-order valence-corrected chi connectivity index (χ2v) is 7.54. The zero-order valence-corrected chi connectivity index (χ0v) is 18.1. The molecule has 3 aromatic rings. The Balaban J connectivity index is 1.49. The summed E-state index contributed by atoms with van der Waals surface area (Å²) in [4.78, 5) is 17.3. The van der Waals surface area contributed by atoms with E-state index in [1.165, 1.54) is 0 Å². The maximum absolute atomic E-state index is 12.9. The Morgan fingerprint density at radius 3 is 2.81 bits per heavy atom. The Kier molecular flexibility index (Phi) is 6.23. The molecule has 1 atom stereocenters. The van der Waals surface area contributed by atoms with Crippen LogP contribution in [0.15, 0.2) is 53.6 Å². The Morgan fingerprint density at radius 2 is 2.00 bits per heavy atom. The van der Waals surface area contributed by atoms with Crippen molar-refractivity contribution < 1.29 is 14.3 Å². The maximum Gasteiger partial charge on any atom is 0.248 e. The third-order valence-electron chi connectivity index (χ3n) is 5.23. The number of pyridine rings is 1. The molecule has 0 spiro atoms. The number of hydrogen-bond acceptors (Lipinski definition) is 6. The Labute approximate surface area is 185 Å². The molecule has 0 bridgehead atoms. The number of halogens is 1. The number of amides is 1. The van der Waals surface area contributed by atoms with Gasteiger partial charge < -0.3 is 14.8 Å². The van der Waals surface area contributed by atoms with Gasteiger partial charge in [0, 0.05) is 29.2 Å². The summed E-state index contributed by atoms with van der Waals surface area (Å²) in [6.45, 7) is 0.694. The minimum absolute atomic E-state index is 0.121. The van der Waals surface area contributed by atoms with E-state index in [0.717, 1.165) is 23.7 Å². The number of nitrogens with zero attached hydrogens (tertiary/aromatic N) is 3. The van der Waals surface area contributed by atoms with Crippen LogP contribution in [0.25, 0.3) is 10.9 Å². The SMILES string of the molecule is COc1ccc(NC(=O)C2CCCN2/N=C/c2cc3ccccc3nc2Cl)cc1OC. The monoisotopic (exact) mass is 438 g/mol. The molecule has 31 heavy (non-hydrogen) atoms. The average molecular weight is 439 g/mol. The van der Waals surface area contributed by atoms with Gasteiger partial charge in [0.05, 0.1) is 26.0 Å². The number of rotatable bonds is 6. The molecule has 8 heteroatoms. The number of fused-ring (bicyclic) bond motifs is 1. The molecule has 1 aromatic heterocycles. The number of carbonyl (C=O) groups excluding carboxylic acids is 1. The Hall–Kier alpha value is -3.32. The van der Waals surface area contributed by atoms with Gasteiger partial charge >= 0.3 is 0 Å². The van der Waals surface area contributed by atoms with Crippen molar-refractivity contribution in [3.8, 4) is 11.5 Å². The number of aromatic nitrogens is 1. The van der Waals surface area contributed by atoms with Crippen LogP contribution >= 0.6 is 11.6 Å². The molecule has 4 rings (SSSR count). The molecule has 1 N–H and O–H groups in total. The summed E-state index contributed by atoms with van der Waals surface area (Å²) in [5, 5.41) is 10.6. The molecule has 1 unspecified atom stereocenters. The molecule has 1 aliphatic rings. The number of anilines is 1. The third kappa shape index (κ3) is 4.56. The van der Waals surface area contributed by atoms with Gasteiger partial charge in [-0.15, -0.1) is 0 Å². The highest BCUT2D eigenvalue weighted by Gasteiger charge is 2.30. The van der Waals surface area contributed by atoms with Crippen molar-refractivity contribution >= 4 is 40.3 Å². The van der Waals surface area contributed by atoms with Crippen molar-refractivity contribution in [1.82, 2.24) is 9.99 Å². The van der Waals surface area contributed by atoms with Crippen LogP contribution in [-0.2, 0) is 4.79 Å². The van der Waals surface area contributed by atoms with Gasteiger partial charge in [-0.25, -0.2) is 4.98 Å². The zero-order chi connectivity index (χ0) is 21.8. The highest BCUT2D eigenvalue weighted by atomic mass is 35.5. The second-order valence-electron chi connectivity index (χ2n) is 7.19. The van der Waals surface area contributed by atoms with Gasteiger partial charge in [0.15, 0.2) is 11.5 Å². The molecule has 1 aliphatic heterocycles. The number of hydrogen-bond donors (Lipinski definition) is 1. The lowest BCUT2D eigenvalue weighted by atomic mass is 10.2. The van der Waals surface area contributed by atoms with Crippen molar-refractivity contribution in [2.24, 2.45) is 5.10 Å². The van der Waals surface area contributed by atoms with Gasteiger partial charge in [-0.3, -0.25) is 9.80 Å². The van der Waals surface area contributed by atoms with Crippen LogP contribution < -0.4 is 14.8 Å². The lowest BCUT2D eigenvalue weighted by molar-refractivity contribution is -0.120. The smallest absolute Gasteiger partial charge is 0.248 e. The molecule has 160 valence electrons. The van der Waals surface area contributed by atoms with Gasteiger partial charge in [0.1, 0.15) is 11.2 Å². The highest BCUT2D eigenvalue weighted by Crippen LogP contribution is 2.30. The molecule has 0 aliphatic carbocycles. The molecule has 0 saturated carbocycles. The van der Waals surface area contributed by atoms with E-state index in [0.29, 0.717) is 34.4 Å². The summed E-state index contributed by atoms with van der Waals surface area (Å²) in [5.74, 6) is 1.04. The van der Waals surface area contributed by atoms with Gasteiger partial charge in [-0.05, 0) is 37.1 Å². The van der Waals surface area contributed by atoms with Crippen LogP contribution in [0.1, 0.15) is 18.4 Å². The fourth-order valence-corrected chi connectivity index (χ4v) is 3.83. The van der Waals surface area contributed by atoms with Crippen molar-refractivity contribution in [2.45, 2.75) is 18.9 Å². The predicted octanol–water partition coefficient (Wildman–Crippen LogP) is 4.34. The standard InChI is InChI=1S/C23H23ClN4O3/c1-30-20-10-9-17(13-21(20)31-2)26-23(29)19-8-5-11-28(19)25-14-16-12-15-6-3-4-7-18(15)27-22(16)24/h3-4,6-7,9-10,12-14,19H,5,8,11H2,1-2H3,(H,26,29)/b25-14+. The van der Waals surface area contributed by atoms with E-state index in [2.05, 4.69) is 15.4 Å². The maximum atomic E-state index is 12.9. The van der Waals surface area contributed by atoms with E-state index < -0.39 is 0 Å². The number of ether oxygens (including phenoxy) is 2. The van der Waals surface area contributed by atoms with E-state index in [9.17, 15) is 4.79 Å². The molecule has 1 amide bonds. The fourth-order valence-electron chi connectivity index (χ4n) is 3.63. The number of nitrogens with one attached hydrogen (secondary N) is 1. The van der Waals surface area contributed by atoms with Crippen molar-refractivity contribution in [3.63, 3.8) is 0 Å². The first-order valence-electron chi connectivity index (χ1n) is 9.98. The summed E-state index contributed by atoms with van der Waals surface area (Å²) in [6, 6.07) is 14.6. The molecule has 2 aromatic carbocycles. The summed E-state index contributed by atoms with van der Waals surface area (Å²) >= 11 is 6.33. The second kappa shape index (κ2) is 9.22. The molecular weight excluding hydrogens is 416 g/mol. The molecule has 1 saturated heterocycles. The van der Waals surface area contributed by atoms with E-state index >= 15 is 0 Å². The Bertz CT molecular complexity index is 1140. The number of benzene rings is 2. The first kappa shape index (κ1) is 20.9. The zero-order valence-electron chi connectivity index (χ0n) is 17.3. The van der Waals surface area contributed by atoms with Gasteiger partial charge in [0.2, 0.25) is 5.91 Å².